The van der Waals surface area contributed by atoms with Gasteiger partial charge < -0.3 is 5.32 Å². The Morgan fingerprint density at radius 1 is 1.50 bits per heavy atom. The molecule has 2 heterocycles. The number of aromatic amines is 1. The third-order valence-electron chi connectivity index (χ3n) is 3.69. The van der Waals surface area contributed by atoms with Crippen LogP contribution in [0.4, 0.5) is 5.82 Å². The van der Waals surface area contributed by atoms with E-state index in [9.17, 15) is 9.59 Å². The molecule has 6 nitrogen and oxygen atoms in total. The maximum absolute atomic E-state index is 12.3. The molecule has 1 atom stereocenters. The maximum Gasteiger partial charge on any atom is 0.229 e. The lowest BCUT2D eigenvalue weighted by molar-refractivity contribution is -0.126. The van der Waals surface area contributed by atoms with Gasteiger partial charge >= 0.3 is 0 Å². The van der Waals surface area contributed by atoms with Crippen molar-refractivity contribution in [3.63, 3.8) is 0 Å². The normalized spacial score (nSPS) is 18.5. The van der Waals surface area contributed by atoms with Crippen molar-refractivity contribution in [2.45, 2.75) is 26.3 Å². The van der Waals surface area contributed by atoms with E-state index in [2.05, 4.69) is 31.4 Å². The Labute approximate surface area is 136 Å². The molecule has 0 radical (unpaired) electrons. The van der Waals surface area contributed by atoms with Gasteiger partial charge in [-0.3, -0.25) is 19.6 Å². The molecule has 1 fully saturated rings. The SMILES string of the molecule is CC(C)NC(=O)[C@@H]1CC(=O)N(c2n[nH]c3cc(Br)ccc23)C1. The molecule has 1 saturated heterocycles. The predicted octanol–water partition coefficient (Wildman–Crippen LogP) is 2.20. The van der Waals surface area contributed by atoms with Crippen molar-refractivity contribution in [2.24, 2.45) is 5.92 Å². The number of hydrogen-bond acceptors (Lipinski definition) is 3. The van der Waals surface area contributed by atoms with E-state index in [-0.39, 0.29) is 30.2 Å². The van der Waals surface area contributed by atoms with Crippen LogP contribution in [0, 0.1) is 5.92 Å². The van der Waals surface area contributed by atoms with Crippen molar-refractivity contribution in [2.75, 3.05) is 11.4 Å². The van der Waals surface area contributed by atoms with E-state index in [4.69, 9.17) is 0 Å². The zero-order valence-electron chi connectivity index (χ0n) is 12.4. The molecule has 0 bridgehead atoms. The Bertz CT molecular complexity index is 740. The Balaban J connectivity index is 1.85. The molecule has 1 aromatic carbocycles. The highest BCUT2D eigenvalue weighted by Crippen LogP contribution is 2.31. The highest BCUT2D eigenvalue weighted by Gasteiger charge is 2.36. The molecule has 0 saturated carbocycles. The maximum atomic E-state index is 12.3. The fourth-order valence-corrected chi connectivity index (χ4v) is 3.03. The zero-order chi connectivity index (χ0) is 15.9. The number of hydrogen-bond donors (Lipinski definition) is 2. The van der Waals surface area contributed by atoms with Crippen molar-refractivity contribution in [1.29, 1.82) is 0 Å². The van der Waals surface area contributed by atoms with Crippen LogP contribution in [0.2, 0.25) is 0 Å². The van der Waals surface area contributed by atoms with Crippen molar-refractivity contribution < 1.29 is 9.59 Å². The second-order valence-corrected chi connectivity index (χ2v) is 6.72. The molecule has 22 heavy (non-hydrogen) atoms. The van der Waals surface area contributed by atoms with Gasteiger partial charge in [-0.2, -0.15) is 5.10 Å². The number of carbonyl (C=O) groups excluding carboxylic acids is 2. The third-order valence-corrected chi connectivity index (χ3v) is 4.18. The number of halogens is 1. The zero-order valence-corrected chi connectivity index (χ0v) is 14.0. The minimum absolute atomic E-state index is 0.0692. The van der Waals surface area contributed by atoms with Crippen LogP contribution < -0.4 is 10.2 Å². The minimum Gasteiger partial charge on any atom is -0.354 e. The van der Waals surface area contributed by atoms with Crippen molar-refractivity contribution in [1.82, 2.24) is 15.5 Å². The number of aromatic nitrogens is 2. The summed E-state index contributed by atoms with van der Waals surface area (Å²) in [6.07, 6.45) is 0.226. The summed E-state index contributed by atoms with van der Waals surface area (Å²) in [6, 6.07) is 5.80. The molecule has 2 amide bonds. The van der Waals surface area contributed by atoms with Crippen LogP contribution in [0.5, 0.6) is 0 Å². The van der Waals surface area contributed by atoms with Gasteiger partial charge in [0.25, 0.3) is 0 Å². The number of fused-ring (bicyclic) bond motifs is 1. The molecular weight excluding hydrogens is 348 g/mol. The van der Waals surface area contributed by atoms with Gasteiger partial charge in [-0.25, -0.2) is 0 Å². The van der Waals surface area contributed by atoms with Gasteiger partial charge in [-0.15, -0.1) is 0 Å². The second-order valence-electron chi connectivity index (χ2n) is 5.81. The Kier molecular flexibility index (Phi) is 3.90. The summed E-state index contributed by atoms with van der Waals surface area (Å²) in [5.74, 6) is 0.123. The van der Waals surface area contributed by atoms with Gasteiger partial charge in [0.1, 0.15) is 0 Å². The van der Waals surface area contributed by atoms with Gasteiger partial charge in [0.15, 0.2) is 5.82 Å². The molecule has 0 spiro atoms. The fourth-order valence-electron chi connectivity index (χ4n) is 2.67. The monoisotopic (exact) mass is 364 g/mol. The van der Waals surface area contributed by atoms with E-state index in [1.807, 2.05) is 32.0 Å². The van der Waals surface area contributed by atoms with Crippen LogP contribution in [0.3, 0.4) is 0 Å². The number of carbonyl (C=O) groups is 2. The van der Waals surface area contributed by atoms with Gasteiger partial charge in [0.05, 0.1) is 11.4 Å². The van der Waals surface area contributed by atoms with Gasteiger partial charge in [-0.05, 0) is 32.0 Å². The molecule has 7 heteroatoms. The van der Waals surface area contributed by atoms with E-state index in [1.165, 1.54) is 0 Å². The second kappa shape index (κ2) is 5.72. The number of benzene rings is 1. The standard InChI is InChI=1S/C15H17BrN4O2/c1-8(2)17-15(22)9-5-13(21)20(7-9)14-11-4-3-10(16)6-12(11)18-19-14/h3-4,6,8-9H,5,7H2,1-2H3,(H,17,22)(H,18,19)/t9-/m1/s1. The minimum atomic E-state index is -0.322. The molecule has 1 aliphatic rings. The average molecular weight is 365 g/mol. The first-order chi connectivity index (χ1) is 10.5. The largest absolute Gasteiger partial charge is 0.354 e. The summed E-state index contributed by atoms with van der Waals surface area (Å²) in [7, 11) is 0. The van der Waals surface area contributed by atoms with Gasteiger partial charge in [0.2, 0.25) is 11.8 Å². The average Bonchev–Trinajstić information content (AvgIpc) is 3.00. The van der Waals surface area contributed by atoms with Crippen LogP contribution in [-0.4, -0.2) is 34.6 Å². The Hall–Kier alpha value is -1.89. The van der Waals surface area contributed by atoms with E-state index in [0.717, 1.165) is 15.4 Å². The number of nitrogens with one attached hydrogen (secondary N) is 2. The summed E-state index contributed by atoms with van der Waals surface area (Å²) in [4.78, 5) is 26.0. The molecule has 0 aliphatic carbocycles. The lowest BCUT2D eigenvalue weighted by atomic mass is 10.1. The lowest BCUT2D eigenvalue weighted by Gasteiger charge is -2.15. The summed E-state index contributed by atoms with van der Waals surface area (Å²) < 4.78 is 0.942. The molecule has 116 valence electrons. The number of amides is 2. The number of rotatable bonds is 3. The van der Waals surface area contributed by atoms with Gasteiger partial charge in [0, 0.05) is 28.9 Å². The third kappa shape index (κ3) is 2.72. The number of H-pyrrole nitrogens is 1. The topological polar surface area (TPSA) is 78.1 Å². The van der Waals surface area contributed by atoms with Crippen LogP contribution in [0.1, 0.15) is 20.3 Å². The highest BCUT2D eigenvalue weighted by molar-refractivity contribution is 9.10. The molecule has 0 unspecified atom stereocenters. The van der Waals surface area contributed by atoms with Gasteiger partial charge in [-0.1, -0.05) is 15.9 Å². The van der Waals surface area contributed by atoms with E-state index < -0.39 is 0 Å². The molecule has 2 N–H and O–H groups in total. The number of anilines is 1. The summed E-state index contributed by atoms with van der Waals surface area (Å²) >= 11 is 3.41. The van der Waals surface area contributed by atoms with Crippen LogP contribution in [0.15, 0.2) is 22.7 Å². The van der Waals surface area contributed by atoms with Crippen LogP contribution >= 0.6 is 15.9 Å². The van der Waals surface area contributed by atoms with Crippen molar-refractivity contribution in [3.05, 3.63) is 22.7 Å². The highest BCUT2D eigenvalue weighted by atomic mass is 79.9. The predicted molar refractivity (Wildman–Crippen MR) is 87.5 cm³/mol. The number of nitrogens with zero attached hydrogens (tertiary/aromatic N) is 2. The van der Waals surface area contributed by atoms with Crippen molar-refractivity contribution >= 4 is 44.5 Å². The molecule has 3 rings (SSSR count). The molecular formula is C15H17BrN4O2. The first-order valence-electron chi connectivity index (χ1n) is 7.20. The molecule has 2 aromatic rings. The van der Waals surface area contributed by atoms with Crippen molar-refractivity contribution in [3.8, 4) is 0 Å². The lowest BCUT2D eigenvalue weighted by Crippen LogP contribution is -2.37. The first-order valence-corrected chi connectivity index (χ1v) is 7.99. The summed E-state index contributed by atoms with van der Waals surface area (Å²) in [5.41, 5.74) is 0.854. The van der Waals surface area contributed by atoms with E-state index in [1.54, 1.807) is 4.90 Å². The Morgan fingerprint density at radius 2 is 2.27 bits per heavy atom. The molecule has 1 aromatic heterocycles. The van der Waals surface area contributed by atoms with Crippen LogP contribution in [-0.2, 0) is 9.59 Å². The smallest absolute Gasteiger partial charge is 0.229 e. The van der Waals surface area contributed by atoms with E-state index in [0.29, 0.717) is 12.4 Å². The summed E-state index contributed by atoms with van der Waals surface area (Å²) in [6.45, 7) is 4.18. The van der Waals surface area contributed by atoms with E-state index >= 15 is 0 Å². The summed E-state index contributed by atoms with van der Waals surface area (Å²) in [5, 5.41) is 10.9. The first kappa shape index (κ1) is 15.0. The molecule has 1 aliphatic heterocycles. The fraction of sp³-hybridized carbons (Fsp3) is 0.400. The quantitative estimate of drug-likeness (QED) is 0.876. The Morgan fingerprint density at radius 3 is 3.00 bits per heavy atom. The van der Waals surface area contributed by atoms with Crippen LogP contribution in [0.25, 0.3) is 10.9 Å².